The number of aromatic amines is 1. The van der Waals surface area contributed by atoms with Crippen LogP contribution < -0.4 is 15.4 Å². The van der Waals surface area contributed by atoms with Crippen molar-refractivity contribution in [1.29, 1.82) is 0 Å². The number of nitrogens with one attached hydrogen (secondary N) is 3. The molecule has 0 fully saturated rings. The summed E-state index contributed by atoms with van der Waals surface area (Å²) >= 11 is 0. The first-order valence-electron chi connectivity index (χ1n) is 9.32. The summed E-state index contributed by atoms with van der Waals surface area (Å²) in [7, 11) is 0. The minimum Gasteiger partial charge on any atom is -0.450 e. The largest absolute Gasteiger partial charge is 0.450 e. The first-order chi connectivity index (χ1) is 14.8. The third-order valence-electron chi connectivity index (χ3n) is 4.33. The highest BCUT2D eigenvalue weighted by atomic mass is 19.4. The lowest BCUT2D eigenvalue weighted by molar-refractivity contribution is -0.136. The molecule has 0 saturated carbocycles. The van der Waals surface area contributed by atoms with E-state index in [2.05, 4.69) is 20.6 Å². The summed E-state index contributed by atoms with van der Waals surface area (Å²) < 4.78 is 73.9. The van der Waals surface area contributed by atoms with Crippen molar-refractivity contribution in [2.24, 2.45) is 0 Å². The van der Waals surface area contributed by atoms with Gasteiger partial charge in [0.05, 0.1) is 16.6 Å². The molecule has 3 rings (SSSR count). The molecule has 3 aromatic rings. The highest BCUT2D eigenvalue weighted by molar-refractivity contribution is 5.89. The number of nitrogens with zero attached hydrogens (tertiary/aromatic N) is 1. The van der Waals surface area contributed by atoms with Crippen LogP contribution in [0.2, 0.25) is 0 Å². The summed E-state index contributed by atoms with van der Waals surface area (Å²) in [5.41, 5.74) is -2.52. The van der Waals surface area contributed by atoms with Gasteiger partial charge in [-0.05, 0) is 26.3 Å². The number of aromatic nitrogens is 2. The van der Waals surface area contributed by atoms with E-state index in [1.165, 1.54) is 0 Å². The van der Waals surface area contributed by atoms with Crippen molar-refractivity contribution in [2.45, 2.75) is 32.0 Å². The molecule has 0 aliphatic rings. The number of amides is 2. The molecule has 2 aromatic heterocycles. The number of fused-ring (bicyclic) bond motifs is 1. The second-order valence-electron chi connectivity index (χ2n) is 7.55. The number of H-pyrrole nitrogens is 1. The summed E-state index contributed by atoms with van der Waals surface area (Å²) in [6.07, 6.45) is -2.70. The zero-order valence-corrected chi connectivity index (χ0v) is 16.9. The number of benzene rings is 1. The summed E-state index contributed by atoms with van der Waals surface area (Å²) in [5, 5.41) is 13.8. The molecular formula is C20H19F5N4O3. The maximum Gasteiger partial charge on any atom is 0.418 e. The third kappa shape index (κ3) is 5.44. The van der Waals surface area contributed by atoms with Gasteiger partial charge in [0.25, 0.3) is 0 Å². The summed E-state index contributed by atoms with van der Waals surface area (Å²) in [6, 6.07) is 1.80. The highest BCUT2D eigenvalue weighted by Gasteiger charge is 2.35. The normalized spacial score (nSPS) is 12.1. The SMILES string of the molecule is CC(C)(O)CCNC(=O)Nc1cc(F)c(Oc2ccnc3[nH]cc(C(F)(F)F)c23)c(F)c1. The van der Waals surface area contributed by atoms with Gasteiger partial charge in [-0.1, -0.05) is 0 Å². The average Bonchev–Trinajstić information content (AvgIpc) is 3.09. The number of pyridine rings is 1. The Hall–Kier alpha value is -3.41. The number of halogens is 5. The molecule has 0 spiro atoms. The van der Waals surface area contributed by atoms with Crippen LogP contribution in [0.4, 0.5) is 32.4 Å². The first-order valence-corrected chi connectivity index (χ1v) is 9.32. The van der Waals surface area contributed by atoms with E-state index in [1.54, 1.807) is 13.8 Å². The van der Waals surface area contributed by atoms with Crippen molar-refractivity contribution in [1.82, 2.24) is 15.3 Å². The molecule has 0 bridgehead atoms. The van der Waals surface area contributed by atoms with Crippen LogP contribution in [0.25, 0.3) is 11.0 Å². The number of hydrogen-bond donors (Lipinski definition) is 4. The Labute approximate surface area is 178 Å². The second kappa shape index (κ2) is 8.61. The molecule has 1 aromatic carbocycles. The van der Waals surface area contributed by atoms with Crippen LogP contribution >= 0.6 is 0 Å². The molecule has 0 saturated heterocycles. The minimum absolute atomic E-state index is 0.109. The molecule has 2 heterocycles. The highest BCUT2D eigenvalue weighted by Crippen LogP contribution is 2.40. The number of urea groups is 1. The number of hydrogen-bond acceptors (Lipinski definition) is 4. The summed E-state index contributed by atoms with van der Waals surface area (Å²) in [5.74, 6) is -3.89. The van der Waals surface area contributed by atoms with E-state index in [1.807, 2.05) is 0 Å². The van der Waals surface area contributed by atoms with Crippen molar-refractivity contribution in [2.75, 3.05) is 11.9 Å². The Bertz CT molecular complexity index is 1120. The van der Waals surface area contributed by atoms with Crippen LogP contribution in [0.5, 0.6) is 11.5 Å². The van der Waals surface area contributed by atoms with Crippen molar-refractivity contribution >= 4 is 22.8 Å². The summed E-state index contributed by atoms with van der Waals surface area (Å²) in [6.45, 7) is 3.22. The number of aliphatic hydroxyl groups is 1. The van der Waals surface area contributed by atoms with Crippen LogP contribution in [-0.4, -0.2) is 33.3 Å². The lowest BCUT2D eigenvalue weighted by atomic mass is 10.1. The van der Waals surface area contributed by atoms with Gasteiger partial charge in [-0.15, -0.1) is 0 Å². The molecule has 32 heavy (non-hydrogen) atoms. The summed E-state index contributed by atoms with van der Waals surface area (Å²) in [4.78, 5) is 17.9. The second-order valence-corrected chi connectivity index (χ2v) is 7.55. The number of carbonyl (C=O) groups is 1. The van der Waals surface area contributed by atoms with Gasteiger partial charge in [0, 0.05) is 36.8 Å². The lowest BCUT2D eigenvalue weighted by Crippen LogP contribution is -2.33. The number of ether oxygens (including phenoxy) is 1. The van der Waals surface area contributed by atoms with Gasteiger partial charge in [0.15, 0.2) is 17.4 Å². The van der Waals surface area contributed by atoms with Crippen molar-refractivity contribution in [3.05, 3.63) is 47.8 Å². The van der Waals surface area contributed by atoms with Gasteiger partial charge in [0.2, 0.25) is 0 Å². The predicted octanol–water partition coefficient (Wildman–Crippen LogP) is 4.93. The van der Waals surface area contributed by atoms with Crippen molar-refractivity contribution < 1.29 is 36.6 Å². The first kappa shape index (κ1) is 23.3. The van der Waals surface area contributed by atoms with E-state index in [0.717, 1.165) is 24.4 Å². The van der Waals surface area contributed by atoms with Crippen LogP contribution in [0.15, 0.2) is 30.6 Å². The minimum atomic E-state index is -4.75. The maximum absolute atomic E-state index is 14.5. The quantitative estimate of drug-likeness (QED) is 0.394. The van der Waals surface area contributed by atoms with E-state index in [-0.39, 0.29) is 24.3 Å². The number of anilines is 1. The lowest BCUT2D eigenvalue weighted by Gasteiger charge is -2.17. The number of rotatable bonds is 6. The molecule has 0 atom stereocenters. The fourth-order valence-corrected chi connectivity index (χ4v) is 2.83. The molecule has 7 nitrogen and oxygen atoms in total. The van der Waals surface area contributed by atoms with Crippen molar-refractivity contribution in [3.8, 4) is 11.5 Å². The molecule has 0 aliphatic carbocycles. The van der Waals surface area contributed by atoms with E-state index in [0.29, 0.717) is 6.20 Å². The molecule has 0 aliphatic heterocycles. The molecule has 4 N–H and O–H groups in total. The number of alkyl halides is 3. The fourth-order valence-electron chi connectivity index (χ4n) is 2.83. The van der Waals surface area contributed by atoms with Gasteiger partial charge in [-0.3, -0.25) is 0 Å². The van der Waals surface area contributed by atoms with Crippen LogP contribution in [0, 0.1) is 11.6 Å². The smallest absolute Gasteiger partial charge is 0.418 e. The average molecular weight is 458 g/mol. The van der Waals surface area contributed by atoms with E-state index >= 15 is 0 Å². The zero-order valence-electron chi connectivity index (χ0n) is 16.9. The Kier molecular flexibility index (Phi) is 6.26. The van der Waals surface area contributed by atoms with Gasteiger partial charge in [-0.25, -0.2) is 18.6 Å². The van der Waals surface area contributed by atoms with Crippen LogP contribution in [0.1, 0.15) is 25.8 Å². The molecule has 0 unspecified atom stereocenters. The maximum atomic E-state index is 14.5. The third-order valence-corrected chi connectivity index (χ3v) is 4.33. The molecule has 12 heteroatoms. The van der Waals surface area contributed by atoms with Gasteiger partial charge < -0.3 is 25.5 Å². The standard InChI is InChI=1S/C20H19F5N4O3/c1-19(2,31)4-6-27-18(30)29-10-7-12(21)16(13(22)8-10)32-14-3-5-26-17-15(14)11(9-28-17)20(23,24)25/h3,5,7-9,31H,4,6H2,1-2H3,(H,26,28)(H2,27,29,30). The van der Waals surface area contributed by atoms with Crippen LogP contribution in [-0.2, 0) is 6.18 Å². The molecule has 2 amide bonds. The van der Waals surface area contributed by atoms with Gasteiger partial charge in [-0.2, -0.15) is 13.2 Å². The van der Waals surface area contributed by atoms with Gasteiger partial charge >= 0.3 is 12.2 Å². The van der Waals surface area contributed by atoms with Crippen LogP contribution in [0.3, 0.4) is 0 Å². The Morgan fingerprint density at radius 2 is 1.88 bits per heavy atom. The fraction of sp³-hybridized carbons (Fsp3) is 0.300. The number of carbonyl (C=O) groups excluding carboxylic acids is 1. The van der Waals surface area contributed by atoms with E-state index in [9.17, 15) is 31.9 Å². The molecule has 172 valence electrons. The monoisotopic (exact) mass is 458 g/mol. The predicted molar refractivity (Wildman–Crippen MR) is 105 cm³/mol. The Morgan fingerprint density at radius 1 is 1.22 bits per heavy atom. The topological polar surface area (TPSA) is 99.3 Å². The Morgan fingerprint density at radius 3 is 2.47 bits per heavy atom. The molecular weight excluding hydrogens is 439 g/mol. The van der Waals surface area contributed by atoms with Gasteiger partial charge in [0.1, 0.15) is 11.4 Å². The Balaban J connectivity index is 1.81. The molecule has 0 radical (unpaired) electrons. The van der Waals surface area contributed by atoms with E-state index in [4.69, 9.17) is 4.74 Å². The zero-order chi connectivity index (χ0) is 23.7. The van der Waals surface area contributed by atoms with E-state index < -0.39 is 51.9 Å². The van der Waals surface area contributed by atoms with Crippen molar-refractivity contribution in [3.63, 3.8) is 0 Å².